The van der Waals surface area contributed by atoms with Crippen LogP contribution in [0.2, 0.25) is 0 Å². The monoisotopic (exact) mass is 242 g/mol. The lowest BCUT2D eigenvalue weighted by Crippen LogP contribution is -2.55. The summed E-state index contributed by atoms with van der Waals surface area (Å²) < 4.78 is 0. The van der Waals surface area contributed by atoms with Gasteiger partial charge in [0.2, 0.25) is 0 Å². The first-order valence-corrected chi connectivity index (χ1v) is 6.55. The van der Waals surface area contributed by atoms with Gasteiger partial charge in [-0.05, 0) is 20.3 Å². The molecule has 0 amide bonds. The van der Waals surface area contributed by atoms with E-state index in [0.29, 0.717) is 11.9 Å². The highest BCUT2D eigenvalue weighted by Crippen LogP contribution is 2.13. The van der Waals surface area contributed by atoms with Crippen LogP contribution in [0, 0.1) is 0 Å². The number of rotatable bonds is 5. The lowest BCUT2D eigenvalue weighted by molar-refractivity contribution is 0.0923. The minimum Gasteiger partial charge on any atom is -0.409 e. The van der Waals surface area contributed by atoms with Gasteiger partial charge in [0.15, 0.2) is 5.84 Å². The summed E-state index contributed by atoms with van der Waals surface area (Å²) in [5, 5.41) is 12.0. The van der Waals surface area contributed by atoms with Crippen molar-refractivity contribution < 1.29 is 5.21 Å². The van der Waals surface area contributed by atoms with Crippen molar-refractivity contribution in [2.45, 2.75) is 45.7 Å². The molecule has 1 aliphatic heterocycles. The second-order valence-corrected chi connectivity index (χ2v) is 5.00. The number of hydrogen-bond donors (Lipinski definition) is 2. The standard InChI is InChI=1S/C12H26N4O/c1-4-5-11(12(13)14-17)16-8-6-15(7-9-16)10(2)3/h10-11,17H,4-9H2,1-3H3,(H2,13,14). The Labute approximate surface area is 104 Å². The smallest absolute Gasteiger partial charge is 0.156 e. The molecule has 0 aromatic carbocycles. The first-order chi connectivity index (χ1) is 8.10. The van der Waals surface area contributed by atoms with E-state index in [1.54, 1.807) is 0 Å². The summed E-state index contributed by atoms with van der Waals surface area (Å²) >= 11 is 0. The number of oxime groups is 1. The molecule has 1 saturated heterocycles. The molecule has 1 unspecified atom stereocenters. The largest absolute Gasteiger partial charge is 0.409 e. The molecule has 3 N–H and O–H groups in total. The summed E-state index contributed by atoms with van der Waals surface area (Å²) in [5.41, 5.74) is 5.77. The van der Waals surface area contributed by atoms with E-state index in [9.17, 15) is 0 Å². The molecule has 0 spiro atoms. The lowest BCUT2D eigenvalue weighted by atomic mass is 10.1. The van der Waals surface area contributed by atoms with Crippen molar-refractivity contribution in [1.29, 1.82) is 0 Å². The molecule has 0 aromatic heterocycles. The average molecular weight is 242 g/mol. The molecule has 0 aromatic rings. The van der Waals surface area contributed by atoms with Crippen LogP contribution in [0.3, 0.4) is 0 Å². The van der Waals surface area contributed by atoms with Gasteiger partial charge >= 0.3 is 0 Å². The second-order valence-electron chi connectivity index (χ2n) is 5.00. The third-order valence-corrected chi connectivity index (χ3v) is 3.54. The molecular weight excluding hydrogens is 216 g/mol. The summed E-state index contributed by atoms with van der Waals surface area (Å²) in [7, 11) is 0. The highest BCUT2D eigenvalue weighted by atomic mass is 16.4. The second kappa shape index (κ2) is 6.81. The third-order valence-electron chi connectivity index (χ3n) is 3.54. The molecule has 100 valence electrons. The van der Waals surface area contributed by atoms with Crippen molar-refractivity contribution in [3.63, 3.8) is 0 Å². The highest BCUT2D eigenvalue weighted by Gasteiger charge is 2.26. The number of hydrogen-bond acceptors (Lipinski definition) is 4. The molecule has 0 aliphatic carbocycles. The Hall–Kier alpha value is -0.810. The van der Waals surface area contributed by atoms with E-state index in [0.717, 1.165) is 39.0 Å². The van der Waals surface area contributed by atoms with Crippen LogP contribution in [0.4, 0.5) is 0 Å². The molecule has 1 aliphatic rings. The van der Waals surface area contributed by atoms with Crippen molar-refractivity contribution >= 4 is 5.84 Å². The van der Waals surface area contributed by atoms with E-state index in [1.807, 2.05) is 0 Å². The molecule has 5 heteroatoms. The van der Waals surface area contributed by atoms with Gasteiger partial charge in [-0.3, -0.25) is 9.80 Å². The summed E-state index contributed by atoms with van der Waals surface area (Å²) in [6, 6.07) is 0.699. The van der Waals surface area contributed by atoms with E-state index >= 15 is 0 Å². The van der Waals surface area contributed by atoms with Crippen LogP contribution in [0.15, 0.2) is 5.16 Å². The Balaban J connectivity index is 2.55. The van der Waals surface area contributed by atoms with Crippen LogP contribution < -0.4 is 5.73 Å². The van der Waals surface area contributed by atoms with Crippen LogP contribution in [0.25, 0.3) is 0 Å². The maximum absolute atomic E-state index is 8.83. The molecular formula is C12H26N4O. The zero-order valence-corrected chi connectivity index (χ0v) is 11.3. The van der Waals surface area contributed by atoms with E-state index in [4.69, 9.17) is 10.9 Å². The first-order valence-electron chi connectivity index (χ1n) is 6.55. The zero-order chi connectivity index (χ0) is 12.8. The van der Waals surface area contributed by atoms with Gasteiger partial charge in [-0.1, -0.05) is 18.5 Å². The van der Waals surface area contributed by atoms with Crippen LogP contribution >= 0.6 is 0 Å². The fourth-order valence-electron chi connectivity index (χ4n) is 2.42. The Morgan fingerprint density at radius 1 is 1.24 bits per heavy atom. The number of piperazine rings is 1. The van der Waals surface area contributed by atoms with Gasteiger partial charge in [0.1, 0.15) is 0 Å². The van der Waals surface area contributed by atoms with Crippen molar-refractivity contribution in [1.82, 2.24) is 9.80 Å². The third kappa shape index (κ3) is 3.85. The molecule has 1 fully saturated rings. The summed E-state index contributed by atoms with van der Waals surface area (Å²) in [6.45, 7) is 10.7. The van der Waals surface area contributed by atoms with Crippen molar-refractivity contribution in [2.24, 2.45) is 10.9 Å². The molecule has 0 bridgehead atoms. The fraction of sp³-hybridized carbons (Fsp3) is 0.917. The van der Waals surface area contributed by atoms with Crippen LogP contribution in [-0.4, -0.2) is 59.1 Å². The Morgan fingerprint density at radius 2 is 1.76 bits per heavy atom. The molecule has 0 saturated carbocycles. The van der Waals surface area contributed by atoms with Gasteiger partial charge in [0.25, 0.3) is 0 Å². The first kappa shape index (κ1) is 14.3. The Kier molecular flexibility index (Phi) is 5.71. The Morgan fingerprint density at radius 3 is 2.18 bits per heavy atom. The van der Waals surface area contributed by atoms with Crippen molar-refractivity contribution in [3.05, 3.63) is 0 Å². The topological polar surface area (TPSA) is 65.1 Å². The number of amidine groups is 1. The van der Waals surface area contributed by atoms with E-state index < -0.39 is 0 Å². The van der Waals surface area contributed by atoms with Crippen molar-refractivity contribution in [2.75, 3.05) is 26.2 Å². The van der Waals surface area contributed by atoms with E-state index in [-0.39, 0.29) is 6.04 Å². The van der Waals surface area contributed by atoms with Gasteiger partial charge < -0.3 is 10.9 Å². The predicted octanol–water partition coefficient (Wildman–Crippen LogP) is 0.928. The molecule has 1 atom stereocenters. The fourth-order valence-corrected chi connectivity index (χ4v) is 2.42. The van der Waals surface area contributed by atoms with Gasteiger partial charge in [0.05, 0.1) is 6.04 Å². The van der Waals surface area contributed by atoms with Crippen molar-refractivity contribution in [3.8, 4) is 0 Å². The normalized spacial score (nSPS) is 22.0. The van der Waals surface area contributed by atoms with Gasteiger partial charge in [-0.2, -0.15) is 0 Å². The minimum absolute atomic E-state index is 0.0966. The summed E-state index contributed by atoms with van der Waals surface area (Å²) in [4.78, 5) is 4.79. The lowest BCUT2D eigenvalue weighted by Gasteiger charge is -2.40. The Bertz CT molecular complexity index is 247. The number of nitrogens with zero attached hydrogens (tertiary/aromatic N) is 3. The molecule has 0 radical (unpaired) electrons. The van der Waals surface area contributed by atoms with Crippen LogP contribution in [-0.2, 0) is 0 Å². The van der Waals surface area contributed by atoms with Crippen LogP contribution in [0.1, 0.15) is 33.6 Å². The van der Waals surface area contributed by atoms with E-state index in [2.05, 4.69) is 35.7 Å². The summed E-state index contributed by atoms with van der Waals surface area (Å²) in [5.74, 6) is 0.352. The molecule has 17 heavy (non-hydrogen) atoms. The highest BCUT2D eigenvalue weighted by molar-refractivity contribution is 5.85. The van der Waals surface area contributed by atoms with Gasteiger partial charge in [-0.15, -0.1) is 0 Å². The molecule has 1 heterocycles. The predicted molar refractivity (Wildman–Crippen MR) is 70.4 cm³/mol. The molecule has 5 nitrogen and oxygen atoms in total. The quantitative estimate of drug-likeness (QED) is 0.326. The van der Waals surface area contributed by atoms with E-state index in [1.165, 1.54) is 0 Å². The van der Waals surface area contributed by atoms with Gasteiger partial charge in [-0.25, -0.2) is 0 Å². The SMILES string of the molecule is CCCC(C(N)=NO)N1CCN(C(C)C)CC1. The average Bonchev–Trinajstić information content (AvgIpc) is 2.35. The van der Waals surface area contributed by atoms with Gasteiger partial charge in [0, 0.05) is 32.2 Å². The zero-order valence-electron chi connectivity index (χ0n) is 11.3. The number of nitrogens with two attached hydrogens (primary N) is 1. The maximum atomic E-state index is 8.83. The van der Waals surface area contributed by atoms with Crippen LogP contribution in [0.5, 0.6) is 0 Å². The minimum atomic E-state index is 0.0966. The summed E-state index contributed by atoms with van der Waals surface area (Å²) in [6.07, 6.45) is 2.00. The molecule has 1 rings (SSSR count). The maximum Gasteiger partial charge on any atom is 0.156 e.